The van der Waals surface area contributed by atoms with Crippen LogP contribution in [0.3, 0.4) is 0 Å². The minimum atomic E-state index is -0.405. The van der Waals surface area contributed by atoms with Gasteiger partial charge in [0.25, 0.3) is 0 Å². The van der Waals surface area contributed by atoms with Crippen molar-refractivity contribution >= 4 is 0 Å². The second kappa shape index (κ2) is 4.78. The second-order valence-electron chi connectivity index (χ2n) is 4.70. The van der Waals surface area contributed by atoms with Gasteiger partial charge in [-0.15, -0.1) is 0 Å². The zero-order valence-corrected chi connectivity index (χ0v) is 9.41. The molecule has 0 spiro atoms. The molecule has 2 rings (SSSR count). The van der Waals surface area contributed by atoms with E-state index in [0.29, 0.717) is 19.1 Å². The van der Waals surface area contributed by atoms with E-state index >= 15 is 0 Å². The predicted molar refractivity (Wildman–Crippen MR) is 56.4 cm³/mol. The molecule has 0 aromatic carbocycles. The van der Waals surface area contributed by atoms with Gasteiger partial charge in [-0.2, -0.15) is 0 Å². The maximum Gasteiger partial charge on any atom is 0.166 e. The van der Waals surface area contributed by atoms with Gasteiger partial charge < -0.3 is 19.9 Å². The molecule has 2 aliphatic rings. The topological polar surface area (TPSA) is 53.7 Å². The fourth-order valence-electron chi connectivity index (χ4n) is 2.39. The first-order valence-corrected chi connectivity index (χ1v) is 5.81. The van der Waals surface area contributed by atoms with E-state index < -0.39 is 5.79 Å². The maximum absolute atomic E-state index is 5.89. The Labute approximate surface area is 91.1 Å². The minimum Gasteiger partial charge on any atom is -0.381 e. The van der Waals surface area contributed by atoms with Gasteiger partial charge in [-0.25, -0.2) is 0 Å². The molecule has 0 amide bonds. The van der Waals surface area contributed by atoms with Crippen LogP contribution in [0.15, 0.2) is 0 Å². The Morgan fingerprint density at radius 1 is 1.40 bits per heavy atom. The average Bonchev–Trinajstić information content (AvgIpc) is 2.78. The molecule has 0 aromatic rings. The molecule has 0 aliphatic carbocycles. The summed E-state index contributed by atoms with van der Waals surface area (Å²) in [4.78, 5) is 0. The van der Waals surface area contributed by atoms with E-state index in [-0.39, 0.29) is 6.10 Å². The summed E-state index contributed by atoms with van der Waals surface area (Å²) in [7, 11) is 0. The van der Waals surface area contributed by atoms with Gasteiger partial charge in [-0.3, -0.25) is 0 Å². The predicted octanol–water partition coefficient (Wildman–Crippen LogP) is 0.893. The molecule has 2 heterocycles. The van der Waals surface area contributed by atoms with Crippen molar-refractivity contribution in [3.05, 3.63) is 0 Å². The van der Waals surface area contributed by atoms with E-state index in [1.54, 1.807) is 0 Å². The van der Waals surface area contributed by atoms with Gasteiger partial charge in [0.2, 0.25) is 0 Å². The van der Waals surface area contributed by atoms with Crippen molar-refractivity contribution in [2.24, 2.45) is 11.7 Å². The normalized spacial score (nSPS) is 41.2. The van der Waals surface area contributed by atoms with Crippen molar-refractivity contribution in [1.29, 1.82) is 0 Å². The van der Waals surface area contributed by atoms with Gasteiger partial charge in [0, 0.05) is 19.6 Å². The van der Waals surface area contributed by atoms with Crippen LogP contribution in [0.25, 0.3) is 0 Å². The molecule has 88 valence electrons. The van der Waals surface area contributed by atoms with E-state index in [2.05, 4.69) is 0 Å². The molecule has 4 heteroatoms. The Balaban J connectivity index is 1.80. The highest BCUT2D eigenvalue weighted by Crippen LogP contribution is 2.33. The lowest BCUT2D eigenvalue weighted by atomic mass is 9.99. The van der Waals surface area contributed by atoms with E-state index in [9.17, 15) is 0 Å². The van der Waals surface area contributed by atoms with E-state index in [1.807, 2.05) is 6.92 Å². The van der Waals surface area contributed by atoms with Crippen LogP contribution >= 0.6 is 0 Å². The smallest absolute Gasteiger partial charge is 0.166 e. The summed E-state index contributed by atoms with van der Waals surface area (Å²) in [6.45, 7) is 5.11. The van der Waals surface area contributed by atoms with Crippen LogP contribution in [0.5, 0.6) is 0 Å². The van der Waals surface area contributed by atoms with Gasteiger partial charge in [-0.05, 0) is 32.2 Å². The standard InChI is InChI=1S/C11H21NO3/c1-11(6-9-3-5-13-7-9)14-8-10(15-11)2-4-12/h9-10H,2-8,12H2,1H3. The summed E-state index contributed by atoms with van der Waals surface area (Å²) in [5.41, 5.74) is 5.50. The zero-order valence-electron chi connectivity index (χ0n) is 9.41. The summed E-state index contributed by atoms with van der Waals surface area (Å²) < 4.78 is 17.0. The zero-order chi connectivity index (χ0) is 10.7. The van der Waals surface area contributed by atoms with Gasteiger partial charge in [0.05, 0.1) is 12.7 Å². The summed E-state index contributed by atoms with van der Waals surface area (Å²) >= 11 is 0. The van der Waals surface area contributed by atoms with Gasteiger partial charge >= 0.3 is 0 Å². The van der Waals surface area contributed by atoms with E-state index in [4.69, 9.17) is 19.9 Å². The van der Waals surface area contributed by atoms with Crippen molar-refractivity contribution in [1.82, 2.24) is 0 Å². The van der Waals surface area contributed by atoms with Gasteiger partial charge in [0.1, 0.15) is 0 Å². The molecular formula is C11H21NO3. The first-order chi connectivity index (χ1) is 7.22. The molecule has 4 nitrogen and oxygen atoms in total. The lowest BCUT2D eigenvalue weighted by Gasteiger charge is -2.25. The highest BCUT2D eigenvalue weighted by Gasteiger charge is 2.39. The highest BCUT2D eigenvalue weighted by atomic mass is 16.7. The summed E-state index contributed by atoms with van der Waals surface area (Å²) in [5.74, 6) is 0.185. The fraction of sp³-hybridized carbons (Fsp3) is 1.00. The van der Waals surface area contributed by atoms with Crippen LogP contribution in [0.4, 0.5) is 0 Å². The lowest BCUT2D eigenvalue weighted by molar-refractivity contribution is -0.166. The second-order valence-corrected chi connectivity index (χ2v) is 4.70. The molecule has 2 fully saturated rings. The van der Waals surface area contributed by atoms with Crippen LogP contribution in [0.1, 0.15) is 26.2 Å². The van der Waals surface area contributed by atoms with Gasteiger partial charge in [-0.1, -0.05) is 0 Å². The van der Waals surface area contributed by atoms with Crippen LogP contribution in [0, 0.1) is 5.92 Å². The Morgan fingerprint density at radius 3 is 2.93 bits per heavy atom. The monoisotopic (exact) mass is 215 g/mol. The molecule has 0 bridgehead atoms. The Bertz CT molecular complexity index is 206. The molecular weight excluding hydrogens is 194 g/mol. The van der Waals surface area contributed by atoms with E-state index in [1.165, 1.54) is 0 Å². The van der Waals surface area contributed by atoms with Crippen molar-refractivity contribution in [3.63, 3.8) is 0 Å². The van der Waals surface area contributed by atoms with Crippen LogP contribution in [0.2, 0.25) is 0 Å². The van der Waals surface area contributed by atoms with Crippen LogP contribution < -0.4 is 5.73 Å². The van der Waals surface area contributed by atoms with E-state index in [0.717, 1.165) is 32.5 Å². The molecule has 2 N–H and O–H groups in total. The van der Waals surface area contributed by atoms with Crippen molar-refractivity contribution in [3.8, 4) is 0 Å². The average molecular weight is 215 g/mol. The molecule has 3 atom stereocenters. The molecule has 0 saturated carbocycles. The largest absolute Gasteiger partial charge is 0.381 e. The van der Waals surface area contributed by atoms with Crippen molar-refractivity contribution in [2.45, 2.75) is 38.1 Å². The molecule has 15 heavy (non-hydrogen) atoms. The number of nitrogens with two attached hydrogens (primary N) is 1. The molecule has 0 radical (unpaired) electrons. The first-order valence-electron chi connectivity index (χ1n) is 5.81. The summed E-state index contributed by atoms with van der Waals surface area (Å²) in [6.07, 6.45) is 3.14. The fourth-order valence-corrected chi connectivity index (χ4v) is 2.39. The highest BCUT2D eigenvalue weighted by molar-refractivity contribution is 4.79. The van der Waals surface area contributed by atoms with Gasteiger partial charge in [0.15, 0.2) is 5.79 Å². The number of hydrogen-bond acceptors (Lipinski definition) is 4. The molecule has 3 unspecified atom stereocenters. The quantitative estimate of drug-likeness (QED) is 0.757. The summed E-state index contributed by atoms with van der Waals surface area (Å²) in [5, 5.41) is 0. The third-order valence-electron chi connectivity index (χ3n) is 3.16. The Hall–Kier alpha value is -0.160. The van der Waals surface area contributed by atoms with Crippen molar-refractivity contribution in [2.75, 3.05) is 26.4 Å². The number of rotatable bonds is 4. The maximum atomic E-state index is 5.89. The Morgan fingerprint density at radius 2 is 2.27 bits per heavy atom. The summed E-state index contributed by atoms with van der Waals surface area (Å²) in [6, 6.07) is 0. The van der Waals surface area contributed by atoms with Crippen molar-refractivity contribution < 1.29 is 14.2 Å². The Kier molecular flexibility index (Phi) is 3.61. The SMILES string of the molecule is CC1(CC2CCOC2)OCC(CCN)O1. The number of hydrogen-bond donors (Lipinski definition) is 1. The molecule has 0 aromatic heterocycles. The first kappa shape index (κ1) is 11.3. The minimum absolute atomic E-state index is 0.183. The molecule has 2 aliphatic heterocycles. The lowest BCUT2D eigenvalue weighted by Crippen LogP contribution is -2.30. The third-order valence-corrected chi connectivity index (χ3v) is 3.16. The van der Waals surface area contributed by atoms with Crippen LogP contribution in [-0.4, -0.2) is 38.3 Å². The number of ether oxygens (including phenoxy) is 3. The molecule has 2 saturated heterocycles. The van der Waals surface area contributed by atoms with Crippen LogP contribution in [-0.2, 0) is 14.2 Å². The third kappa shape index (κ3) is 2.91.